The molecule has 1 aromatic carbocycles. The summed E-state index contributed by atoms with van der Waals surface area (Å²) in [6.45, 7) is 5.29. The Bertz CT molecular complexity index is 1060. The van der Waals surface area contributed by atoms with Gasteiger partial charge in [0.1, 0.15) is 0 Å². The van der Waals surface area contributed by atoms with E-state index in [2.05, 4.69) is 58.6 Å². The van der Waals surface area contributed by atoms with E-state index in [9.17, 15) is 5.11 Å². The molecule has 0 bridgehead atoms. The number of likely N-dealkylation sites (tertiary alicyclic amines) is 1. The Kier molecular flexibility index (Phi) is 5.08. The van der Waals surface area contributed by atoms with Gasteiger partial charge in [0.25, 0.3) is 0 Å². The number of aromatic nitrogens is 1. The number of hydrogen-bond donors (Lipinski definition) is 1. The lowest BCUT2D eigenvalue weighted by Gasteiger charge is -2.30. The Labute approximate surface area is 176 Å². The molecule has 5 rings (SSSR count). The Morgan fingerprint density at radius 2 is 1.93 bits per heavy atom. The van der Waals surface area contributed by atoms with E-state index < -0.39 is 6.10 Å². The van der Waals surface area contributed by atoms with Crippen molar-refractivity contribution in [1.29, 1.82) is 0 Å². The SMILES string of the molecule is Cc1cnccc1CN1CCC(=C2c3ccccc3CC(O)c3sccc32)CC1. The summed E-state index contributed by atoms with van der Waals surface area (Å²) >= 11 is 1.69. The van der Waals surface area contributed by atoms with Gasteiger partial charge in [0.2, 0.25) is 0 Å². The summed E-state index contributed by atoms with van der Waals surface area (Å²) in [5.41, 5.74) is 9.39. The van der Waals surface area contributed by atoms with Crippen molar-refractivity contribution < 1.29 is 5.11 Å². The molecule has 3 nitrogen and oxygen atoms in total. The highest BCUT2D eigenvalue weighted by Crippen LogP contribution is 2.43. The molecule has 1 aliphatic heterocycles. The minimum Gasteiger partial charge on any atom is -0.387 e. The number of aliphatic hydroxyl groups excluding tert-OH is 1. The van der Waals surface area contributed by atoms with Crippen molar-refractivity contribution in [3.63, 3.8) is 0 Å². The Balaban J connectivity index is 1.47. The molecule has 4 heteroatoms. The number of benzene rings is 1. The van der Waals surface area contributed by atoms with Gasteiger partial charge in [0, 0.05) is 43.3 Å². The average Bonchev–Trinajstić information content (AvgIpc) is 3.18. The topological polar surface area (TPSA) is 36.4 Å². The highest BCUT2D eigenvalue weighted by atomic mass is 32.1. The number of hydrogen-bond acceptors (Lipinski definition) is 4. The van der Waals surface area contributed by atoms with Gasteiger partial charge in [0.15, 0.2) is 0 Å². The molecule has 0 radical (unpaired) electrons. The minimum absolute atomic E-state index is 0.404. The molecule has 1 N–H and O–H groups in total. The maximum atomic E-state index is 10.8. The molecule has 1 aliphatic carbocycles. The maximum absolute atomic E-state index is 10.8. The molecule has 0 spiro atoms. The predicted molar refractivity (Wildman–Crippen MR) is 119 cm³/mol. The molecule has 1 atom stereocenters. The molecule has 0 saturated carbocycles. The first-order chi connectivity index (χ1) is 14.2. The zero-order chi connectivity index (χ0) is 19.8. The van der Waals surface area contributed by atoms with Gasteiger partial charge in [-0.2, -0.15) is 0 Å². The van der Waals surface area contributed by atoms with Crippen LogP contribution in [0.1, 0.15) is 51.6 Å². The van der Waals surface area contributed by atoms with E-state index in [0.717, 1.165) is 37.4 Å². The van der Waals surface area contributed by atoms with E-state index >= 15 is 0 Å². The fourth-order valence-electron chi connectivity index (χ4n) is 4.71. The van der Waals surface area contributed by atoms with Crippen LogP contribution in [0.3, 0.4) is 0 Å². The van der Waals surface area contributed by atoms with Crippen LogP contribution in [0.5, 0.6) is 0 Å². The summed E-state index contributed by atoms with van der Waals surface area (Å²) in [6, 6.07) is 13.0. The monoisotopic (exact) mass is 402 g/mol. The van der Waals surface area contributed by atoms with Crippen LogP contribution in [0.25, 0.3) is 5.57 Å². The van der Waals surface area contributed by atoms with Gasteiger partial charge in [0.05, 0.1) is 6.10 Å². The van der Waals surface area contributed by atoms with Crippen molar-refractivity contribution in [2.75, 3.05) is 13.1 Å². The molecule has 2 aromatic heterocycles. The van der Waals surface area contributed by atoms with Gasteiger partial charge in [-0.3, -0.25) is 9.88 Å². The van der Waals surface area contributed by atoms with E-state index in [1.165, 1.54) is 39.0 Å². The fourth-order valence-corrected chi connectivity index (χ4v) is 5.59. The first kappa shape index (κ1) is 18.7. The van der Waals surface area contributed by atoms with Gasteiger partial charge in [-0.05, 0) is 70.7 Å². The Hall–Kier alpha value is -2.27. The molecule has 0 amide bonds. The van der Waals surface area contributed by atoms with Crippen LogP contribution in [0, 0.1) is 6.92 Å². The molecule has 3 heterocycles. The van der Waals surface area contributed by atoms with Crippen LogP contribution in [0.15, 0.2) is 59.7 Å². The van der Waals surface area contributed by atoms with Crippen molar-refractivity contribution >= 4 is 16.9 Å². The largest absolute Gasteiger partial charge is 0.387 e. The smallest absolute Gasteiger partial charge is 0.0928 e. The first-order valence-electron chi connectivity index (χ1n) is 10.4. The van der Waals surface area contributed by atoms with E-state index in [1.54, 1.807) is 11.3 Å². The quantitative estimate of drug-likeness (QED) is 0.645. The number of thiophene rings is 1. The molecule has 2 aliphatic rings. The second kappa shape index (κ2) is 7.86. The summed E-state index contributed by atoms with van der Waals surface area (Å²) in [5, 5.41) is 12.9. The fraction of sp³-hybridized carbons (Fsp3) is 0.320. The third-order valence-electron chi connectivity index (χ3n) is 6.31. The third kappa shape index (κ3) is 3.57. The summed E-state index contributed by atoms with van der Waals surface area (Å²) in [7, 11) is 0. The van der Waals surface area contributed by atoms with Crippen LogP contribution >= 0.6 is 11.3 Å². The normalized spacial score (nSPS) is 19.6. The molecular weight excluding hydrogens is 376 g/mol. The summed E-state index contributed by atoms with van der Waals surface area (Å²) in [5.74, 6) is 0. The molecule has 29 heavy (non-hydrogen) atoms. The lowest BCUT2D eigenvalue weighted by molar-refractivity contribution is 0.182. The molecule has 1 saturated heterocycles. The number of pyridine rings is 1. The summed E-state index contributed by atoms with van der Waals surface area (Å²) in [6.07, 6.45) is 6.31. The molecule has 148 valence electrons. The lowest BCUT2D eigenvalue weighted by Crippen LogP contribution is -2.31. The molecular formula is C25H26N2OS. The zero-order valence-electron chi connectivity index (χ0n) is 16.8. The standard InChI is InChI=1S/C25H26N2OS/c1-17-15-26-10-6-20(17)16-27-11-7-18(8-12-27)24-21-5-3-2-4-19(21)14-23(28)25-22(24)9-13-29-25/h2-6,9-10,13,15,23,28H,7-8,11-12,14,16H2,1H3. The van der Waals surface area contributed by atoms with E-state index in [4.69, 9.17) is 0 Å². The van der Waals surface area contributed by atoms with Crippen LogP contribution in [0.2, 0.25) is 0 Å². The third-order valence-corrected chi connectivity index (χ3v) is 7.33. The van der Waals surface area contributed by atoms with Crippen molar-refractivity contribution in [3.8, 4) is 0 Å². The van der Waals surface area contributed by atoms with Crippen molar-refractivity contribution in [2.24, 2.45) is 0 Å². The average molecular weight is 403 g/mol. The lowest BCUT2D eigenvalue weighted by atomic mass is 9.87. The highest BCUT2D eigenvalue weighted by molar-refractivity contribution is 7.10. The minimum atomic E-state index is -0.404. The maximum Gasteiger partial charge on any atom is 0.0928 e. The second-order valence-corrected chi connectivity index (χ2v) is 9.08. The number of piperidine rings is 1. The van der Waals surface area contributed by atoms with Gasteiger partial charge < -0.3 is 5.11 Å². The van der Waals surface area contributed by atoms with E-state index in [-0.39, 0.29) is 0 Å². The number of fused-ring (bicyclic) bond motifs is 2. The summed E-state index contributed by atoms with van der Waals surface area (Å²) in [4.78, 5) is 7.90. The van der Waals surface area contributed by atoms with Gasteiger partial charge in [-0.15, -0.1) is 11.3 Å². The van der Waals surface area contributed by atoms with Gasteiger partial charge in [-0.1, -0.05) is 29.8 Å². The van der Waals surface area contributed by atoms with Crippen LogP contribution in [-0.2, 0) is 13.0 Å². The van der Waals surface area contributed by atoms with E-state index in [0.29, 0.717) is 6.42 Å². The van der Waals surface area contributed by atoms with Crippen LogP contribution in [0.4, 0.5) is 0 Å². The number of aryl methyl sites for hydroxylation is 1. The van der Waals surface area contributed by atoms with Crippen molar-refractivity contribution in [3.05, 3.63) is 92.4 Å². The van der Waals surface area contributed by atoms with Crippen molar-refractivity contribution in [1.82, 2.24) is 9.88 Å². The van der Waals surface area contributed by atoms with E-state index in [1.807, 2.05) is 12.4 Å². The molecule has 1 fully saturated rings. The Morgan fingerprint density at radius 3 is 2.76 bits per heavy atom. The first-order valence-corrected chi connectivity index (χ1v) is 11.3. The molecule has 1 unspecified atom stereocenters. The Morgan fingerprint density at radius 1 is 1.10 bits per heavy atom. The highest BCUT2D eigenvalue weighted by Gasteiger charge is 2.28. The molecule has 3 aromatic rings. The second-order valence-electron chi connectivity index (χ2n) is 8.13. The van der Waals surface area contributed by atoms with Gasteiger partial charge in [-0.25, -0.2) is 0 Å². The number of aliphatic hydroxyl groups is 1. The van der Waals surface area contributed by atoms with Crippen LogP contribution in [-0.4, -0.2) is 28.1 Å². The van der Waals surface area contributed by atoms with Gasteiger partial charge >= 0.3 is 0 Å². The predicted octanol–water partition coefficient (Wildman–Crippen LogP) is 5.14. The van der Waals surface area contributed by atoms with Crippen molar-refractivity contribution in [2.45, 2.75) is 38.8 Å². The number of rotatable bonds is 2. The summed E-state index contributed by atoms with van der Waals surface area (Å²) < 4.78 is 0. The number of nitrogens with zero attached hydrogens (tertiary/aromatic N) is 2. The van der Waals surface area contributed by atoms with Crippen LogP contribution < -0.4 is 0 Å². The zero-order valence-corrected chi connectivity index (χ0v) is 17.6.